The minimum Gasteiger partial charge on any atom is -0.367 e. The van der Waals surface area contributed by atoms with Gasteiger partial charge in [-0.1, -0.05) is 17.7 Å². The van der Waals surface area contributed by atoms with E-state index in [1.807, 2.05) is 6.07 Å². The molecule has 1 unspecified atom stereocenters. The molecule has 0 aliphatic carbocycles. The molecule has 0 amide bonds. The zero-order valence-corrected chi connectivity index (χ0v) is 10.4. The first-order valence-corrected chi connectivity index (χ1v) is 6.35. The Morgan fingerprint density at radius 1 is 1.31 bits per heavy atom. The van der Waals surface area contributed by atoms with E-state index in [4.69, 9.17) is 11.6 Å². The largest absolute Gasteiger partial charge is 0.367 e. The summed E-state index contributed by atoms with van der Waals surface area (Å²) in [5.41, 5.74) is 2.83. The monoisotopic (exact) mass is 236 g/mol. The van der Waals surface area contributed by atoms with Crippen molar-refractivity contribution in [1.82, 2.24) is 4.90 Å². The lowest BCUT2D eigenvalue weighted by Crippen LogP contribution is -2.37. The molecule has 2 heterocycles. The van der Waals surface area contributed by atoms with Crippen LogP contribution in [0.25, 0.3) is 0 Å². The number of nitrogens with zero attached hydrogens (tertiary/aromatic N) is 2. The highest BCUT2D eigenvalue weighted by Crippen LogP contribution is 2.35. The molecule has 2 aliphatic heterocycles. The van der Waals surface area contributed by atoms with E-state index in [0.29, 0.717) is 6.04 Å². The normalized spacial score (nSPS) is 25.1. The Hall–Kier alpha value is -0.730. The van der Waals surface area contributed by atoms with E-state index >= 15 is 0 Å². The summed E-state index contributed by atoms with van der Waals surface area (Å²) in [7, 11) is 2.22. The van der Waals surface area contributed by atoms with Gasteiger partial charge in [-0.2, -0.15) is 0 Å². The first-order valence-electron chi connectivity index (χ1n) is 5.97. The van der Waals surface area contributed by atoms with Crippen LogP contribution in [0.4, 0.5) is 5.69 Å². The molecule has 1 aromatic rings. The van der Waals surface area contributed by atoms with Crippen molar-refractivity contribution in [3.63, 3.8) is 0 Å². The van der Waals surface area contributed by atoms with Gasteiger partial charge in [0, 0.05) is 29.8 Å². The van der Waals surface area contributed by atoms with E-state index in [9.17, 15) is 0 Å². The molecule has 0 spiro atoms. The highest BCUT2D eigenvalue weighted by atomic mass is 35.5. The predicted octanol–water partition coefficient (Wildman–Crippen LogP) is 2.41. The molecule has 0 radical (unpaired) electrons. The van der Waals surface area contributed by atoms with Crippen molar-refractivity contribution in [2.24, 2.45) is 0 Å². The third-order valence-electron chi connectivity index (χ3n) is 3.71. The third-order valence-corrected chi connectivity index (χ3v) is 3.95. The van der Waals surface area contributed by atoms with Crippen molar-refractivity contribution < 1.29 is 0 Å². The van der Waals surface area contributed by atoms with Crippen LogP contribution in [0.2, 0.25) is 5.02 Å². The van der Waals surface area contributed by atoms with Gasteiger partial charge in [0.25, 0.3) is 0 Å². The van der Waals surface area contributed by atoms with Crippen molar-refractivity contribution >= 4 is 17.3 Å². The lowest BCUT2D eigenvalue weighted by Gasteiger charge is -2.26. The van der Waals surface area contributed by atoms with Crippen molar-refractivity contribution in [2.75, 3.05) is 31.6 Å². The molecule has 0 bridgehead atoms. The number of fused-ring (bicyclic) bond motifs is 3. The molecule has 0 saturated carbocycles. The zero-order valence-electron chi connectivity index (χ0n) is 9.62. The molecular weight excluding hydrogens is 220 g/mol. The number of rotatable bonds is 0. The van der Waals surface area contributed by atoms with E-state index in [-0.39, 0.29) is 0 Å². The van der Waals surface area contributed by atoms with Crippen molar-refractivity contribution in [3.8, 4) is 0 Å². The molecule has 1 fully saturated rings. The maximum Gasteiger partial charge on any atom is 0.0458 e. The lowest BCUT2D eigenvalue weighted by molar-refractivity contribution is 0.333. The van der Waals surface area contributed by atoms with Crippen LogP contribution < -0.4 is 4.90 Å². The van der Waals surface area contributed by atoms with Gasteiger partial charge in [0.15, 0.2) is 0 Å². The van der Waals surface area contributed by atoms with Crippen LogP contribution in [0, 0.1) is 0 Å². The zero-order chi connectivity index (χ0) is 11.1. The SMILES string of the molecule is CN1CCCN2c3cc(Cl)ccc3CC2C1. The van der Waals surface area contributed by atoms with Crippen LogP contribution in [0.1, 0.15) is 12.0 Å². The maximum absolute atomic E-state index is 6.09. The smallest absolute Gasteiger partial charge is 0.0458 e. The van der Waals surface area contributed by atoms with Gasteiger partial charge in [0.1, 0.15) is 0 Å². The molecule has 1 aromatic carbocycles. The second-order valence-corrected chi connectivity index (χ2v) is 5.38. The van der Waals surface area contributed by atoms with E-state index in [0.717, 1.165) is 5.02 Å². The highest BCUT2D eigenvalue weighted by Gasteiger charge is 2.31. The summed E-state index contributed by atoms with van der Waals surface area (Å²) < 4.78 is 0. The fourth-order valence-corrected chi connectivity index (χ4v) is 3.13. The summed E-state index contributed by atoms with van der Waals surface area (Å²) in [5.74, 6) is 0. The van der Waals surface area contributed by atoms with Gasteiger partial charge in [0.2, 0.25) is 0 Å². The van der Waals surface area contributed by atoms with Gasteiger partial charge in [-0.3, -0.25) is 0 Å². The number of anilines is 1. The van der Waals surface area contributed by atoms with Gasteiger partial charge in [-0.05, 0) is 44.1 Å². The van der Waals surface area contributed by atoms with Crippen LogP contribution in [0.15, 0.2) is 18.2 Å². The molecule has 0 aromatic heterocycles. The lowest BCUT2D eigenvalue weighted by atomic mass is 10.1. The van der Waals surface area contributed by atoms with Crippen LogP contribution in [-0.2, 0) is 6.42 Å². The van der Waals surface area contributed by atoms with Crippen molar-refractivity contribution in [3.05, 3.63) is 28.8 Å². The summed E-state index contributed by atoms with van der Waals surface area (Å²) in [4.78, 5) is 4.99. The van der Waals surface area contributed by atoms with Gasteiger partial charge in [-0.15, -0.1) is 0 Å². The summed E-state index contributed by atoms with van der Waals surface area (Å²) in [5, 5.41) is 0.858. The van der Waals surface area contributed by atoms with E-state index in [2.05, 4.69) is 29.0 Å². The maximum atomic E-state index is 6.09. The van der Waals surface area contributed by atoms with E-state index in [1.165, 1.54) is 43.7 Å². The number of hydrogen-bond acceptors (Lipinski definition) is 2. The van der Waals surface area contributed by atoms with Crippen molar-refractivity contribution in [1.29, 1.82) is 0 Å². The summed E-state index contributed by atoms with van der Waals surface area (Å²) in [6.07, 6.45) is 2.43. The second-order valence-electron chi connectivity index (χ2n) is 4.94. The molecule has 16 heavy (non-hydrogen) atoms. The van der Waals surface area contributed by atoms with Gasteiger partial charge >= 0.3 is 0 Å². The molecule has 1 saturated heterocycles. The van der Waals surface area contributed by atoms with Crippen molar-refractivity contribution in [2.45, 2.75) is 18.9 Å². The van der Waals surface area contributed by atoms with Gasteiger partial charge in [0.05, 0.1) is 0 Å². The van der Waals surface area contributed by atoms with Crippen LogP contribution >= 0.6 is 11.6 Å². The Morgan fingerprint density at radius 2 is 2.19 bits per heavy atom. The number of hydrogen-bond donors (Lipinski definition) is 0. The number of likely N-dealkylation sites (N-methyl/N-ethyl adjacent to an activating group) is 1. The summed E-state index contributed by atoms with van der Waals surface area (Å²) >= 11 is 6.09. The Morgan fingerprint density at radius 3 is 3.06 bits per heavy atom. The number of benzene rings is 1. The molecular formula is C13H17ClN2. The molecule has 3 heteroatoms. The Bertz CT molecular complexity index is 405. The Balaban J connectivity index is 1.95. The Kier molecular flexibility index (Phi) is 2.56. The molecule has 2 aliphatic rings. The van der Waals surface area contributed by atoms with Crippen LogP contribution in [-0.4, -0.2) is 37.6 Å². The first kappa shape index (κ1) is 10.4. The molecule has 3 rings (SSSR count). The Labute approximate surface area is 102 Å². The standard InChI is InChI=1S/C13H17ClN2/c1-15-5-2-6-16-12(9-15)7-10-3-4-11(14)8-13(10)16/h3-4,8,12H,2,5-7,9H2,1H3. The van der Waals surface area contributed by atoms with E-state index < -0.39 is 0 Å². The molecule has 86 valence electrons. The summed E-state index contributed by atoms with van der Waals surface area (Å²) in [6.45, 7) is 3.55. The van der Waals surface area contributed by atoms with E-state index in [1.54, 1.807) is 0 Å². The minimum atomic E-state index is 0.654. The molecule has 1 atom stereocenters. The molecule has 2 nitrogen and oxygen atoms in total. The predicted molar refractivity (Wildman–Crippen MR) is 68.4 cm³/mol. The first-order chi connectivity index (χ1) is 7.74. The highest BCUT2D eigenvalue weighted by molar-refractivity contribution is 6.30. The van der Waals surface area contributed by atoms with Crippen LogP contribution in [0.3, 0.4) is 0 Å². The van der Waals surface area contributed by atoms with Gasteiger partial charge < -0.3 is 9.80 Å². The van der Waals surface area contributed by atoms with Gasteiger partial charge in [-0.25, -0.2) is 0 Å². The summed E-state index contributed by atoms with van der Waals surface area (Å²) in [6, 6.07) is 6.98. The average Bonchev–Trinajstić information content (AvgIpc) is 2.46. The molecule has 0 N–H and O–H groups in total. The second kappa shape index (κ2) is 3.94. The topological polar surface area (TPSA) is 6.48 Å². The quantitative estimate of drug-likeness (QED) is 0.683. The fraction of sp³-hybridized carbons (Fsp3) is 0.538. The minimum absolute atomic E-state index is 0.654. The van der Waals surface area contributed by atoms with Crippen LogP contribution in [0.5, 0.6) is 0 Å². The average molecular weight is 237 g/mol. The fourth-order valence-electron chi connectivity index (χ4n) is 2.97. The third kappa shape index (κ3) is 1.70. The number of halogens is 1.